The highest BCUT2D eigenvalue weighted by Gasteiger charge is 2.33. The summed E-state index contributed by atoms with van der Waals surface area (Å²) in [5.74, 6) is 1.02. The molecule has 0 bridgehead atoms. The zero-order chi connectivity index (χ0) is 35.1. The molecule has 3 heterocycles. The van der Waals surface area contributed by atoms with Crippen molar-refractivity contribution < 1.29 is 26.3 Å². The number of alkyl halides is 6. The van der Waals surface area contributed by atoms with Crippen LogP contribution in [-0.2, 0) is 12.4 Å². The minimum Gasteiger partial charge on any atom is -0.308 e. The van der Waals surface area contributed by atoms with E-state index in [1.807, 2.05) is 0 Å². The van der Waals surface area contributed by atoms with Gasteiger partial charge in [0.25, 0.3) is 0 Å². The van der Waals surface area contributed by atoms with Crippen LogP contribution in [0.25, 0.3) is 66.4 Å². The maximum absolute atomic E-state index is 14.1. The van der Waals surface area contributed by atoms with E-state index in [2.05, 4.69) is 21.0 Å². The van der Waals surface area contributed by atoms with Gasteiger partial charge in [-0.25, -0.2) is 15.0 Å². The first-order valence-electron chi connectivity index (χ1n) is 15.3. The zero-order valence-corrected chi connectivity index (χ0v) is 26.2. The Morgan fingerprint density at radius 1 is 0.540 bits per heavy atom. The molecular formula is C38H22F6N6. The average molecular weight is 677 g/mol. The predicted molar refractivity (Wildman–Crippen MR) is 178 cm³/mol. The molecule has 5 aromatic carbocycles. The fourth-order valence-electron chi connectivity index (χ4n) is 6.77. The molecule has 8 rings (SSSR count). The minimum absolute atomic E-state index is 0.0105. The third-order valence-corrected chi connectivity index (χ3v) is 8.81. The molecule has 0 atom stereocenters. The number of fused-ring (bicyclic) bond motifs is 6. The van der Waals surface area contributed by atoms with Gasteiger partial charge in [0.05, 0.1) is 44.6 Å². The molecule has 0 amide bonds. The average Bonchev–Trinajstić information content (AvgIpc) is 3.58. The molecule has 3 aromatic heterocycles. The van der Waals surface area contributed by atoms with E-state index in [9.17, 15) is 31.6 Å². The van der Waals surface area contributed by atoms with Crippen LogP contribution < -0.4 is 0 Å². The topological polar surface area (TPSA) is 72.3 Å². The molecule has 50 heavy (non-hydrogen) atoms. The van der Waals surface area contributed by atoms with Crippen LogP contribution in [0.5, 0.6) is 0 Å². The molecule has 0 unspecified atom stereocenters. The summed E-state index contributed by atoms with van der Waals surface area (Å²) in [6.45, 7) is 3.36. The molecule has 0 radical (unpaired) electrons. The number of nitrogens with zero attached hydrogens (tertiary/aromatic N) is 6. The number of aromatic nitrogens is 5. The summed E-state index contributed by atoms with van der Waals surface area (Å²) < 4.78 is 87.8. The smallest absolute Gasteiger partial charge is 0.308 e. The lowest BCUT2D eigenvalue weighted by molar-refractivity contribution is -0.138. The highest BCUT2D eigenvalue weighted by atomic mass is 19.4. The van der Waals surface area contributed by atoms with E-state index in [0.29, 0.717) is 49.8 Å². The highest BCUT2D eigenvalue weighted by Crippen LogP contribution is 2.42. The summed E-state index contributed by atoms with van der Waals surface area (Å²) in [4.78, 5) is 13.3. The van der Waals surface area contributed by atoms with Crippen LogP contribution in [0, 0.1) is 25.2 Å². The van der Waals surface area contributed by atoms with Crippen LogP contribution in [0.15, 0.2) is 97.1 Å². The molecule has 0 spiro atoms. The number of nitriles is 1. The Balaban J connectivity index is 1.57. The van der Waals surface area contributed by atoms with Gasteiger partial charge in [0.2, 0.25) is 0 Å². The number of hydrogen-bond acceptors (Lipinski definition) is 4. The molecule has 0 fully saturated rings. The van der Waals surface area contributed by atoms with Gasteiger partial charge in [0.1, 0.15) is 23.3 Å². The van der Waals surface area contributed by atoms with Crippen molar-refractivity contribution in [3.8, 4) is 28.8 Å². The quantitative estimate of drug-likeness (QED) is 0.175. The first-order valence-corrected chi connectivity index (χ1v) is 15.3. The number of benzene rings is 5. The molecule has 0 saturated carbocycles. The van der Waals surface area contributed by atoms with Crippen LogP contribution >= 0.6 is 0 Å². The second kappa shape index (κ2) is 10.9. The van der Waals surface area contributed by atoms with Crippen molar-refractivity contribution in [2.75, 3.05) is 0 Å². The Kier molecular flexibility index (Phi) is 6.77. The molecule has 0 aliphatic rings. The fraction of sp³-hybridized carbons (Fsp3) is 0.105. The van der Waals surface area contributed by atoms with Crippen molar-refractivity contribution in [1.29, 1.82) is 5.26 Å². The van der Waals surface area contributed by atoms with E-state index in [4.69, 9.17) is 0 Å². The third-order valence-electron chi connectivity index (χ3n) is 8.81. The van der Waals surface area contributed by atoms with Gasteiger partial charge in [-0.3, -0.25) is 0 Å². The standard InChI is InChI=1S/C38H22F6N6/c1-20-46-21(2)48-36(47-20)22-15-32(49-30-9-5-3-7-25(30)27-13-11-23(17-34(27)49)37(39,40)41)29(19-45)33(16-22)50-31-10-6-4-8-26(31)28-14-12-24(18-35(28)50)38(42,43)44/h3-18H,1-2H3. The highest BCUT2D eigenvalue weighted by molar-refractivity contribution is 6.11. The lowest BCUT2D eigenvalue weighted by Crippen LogP contribution is -2.08. The van der Waals surface area contributed by atoms with Crippen LogP contribution in [0.4, 0.5) is 26.3 Å². The first kappa shape index (κ1) is 31.1. The Bertz CT molecular complexity index is 2560. The molecular weight excluding hydrogens is 654 g/mol. The van der Waals surface area contributed by atoms with Crippen LogP contribution in [0.1, 0.15) is 28.3 Å². The number of rotatable bonds is 3. The second-order valence-electron chi connectivity index (χ2n) is 11.9. The van der Waals surface area contributed by atoms with Gasteiger partial charge < -0.3 is 9.13 Å². The van der Waals surface area contributed by atoms with E-state index < -0.39 is 23.5 Å². The van der Waals surface area contributed by atoms with Crippen LogP contribution in [0.2, 0.25) is 0 Å². The largest absolute Gasteiger partial charge is 0.416 e. The van der Waals surface area contributed by atoms with Gasteiger partial charge in [-0.15, -0.1) is 0 Å². The fourth-order valence-corrected chi connectivity index (χ4v) is 6.77. The number of aryl methyl sites for hydroxylation is 2. The van der Waals surface area contributed by atoms with E-state index in [1.54, 1.807) is 83.6 Å². The molecule has 6 nitrogen and oxygen atoms in total. The summed E-state index contributed by atoms with van der Waals surface area (Å²) in [5.41, 5.74) is 0.421. The molecule has 246 valence electrons. The maximum Gasteiger partial charge on any atom is 0.416 e. The van der Waals surface area contributed by atoms with E-state index >= 15 is 0 Å². The Morgan fingerprint density at radius 2 is 0.960 bits per heavy atom. The SMILES string of the molecule is Cc1nc(C)nc(-c2cc(-n3c4ccccc4c4ccc(C(F)(F)F)cc43)c(C#N)c(-n3c4ccccc4c4ccc(C(F)(F)F)cc43)c2)n1. The van der Waals surface area contributed by atoms with Gasteiger partial charge >= 0.3 is 12.4 Å². The Labute approximate surface area is 279 Å². The summed E-state index contributed by atoms with van der Waals surface area (Å²) in [6, 6.07) is 26.5. The molecule has 0 aliphatic carbocycles. The van der Waals surface area contributed by atoms with Gasteiger partial charge in [0.15, 0.2) is 5.82 Å². The molecule has 0 aliphatic heterocycles. The summed E-state index contributed by atoms with van der Waals surface area (Å²) in [5, 5.41) is 13.2. The Hall–Kier alpha value is -6.22. The van der Waals surface area contributed by atoms with Crippen molar-refractivity contribution in [3.63, 3.8) is 0 Å². The van der Waals surface area contributed by atoms with Crippen molar-refractivity contribution in [3.05, 3.63) is 125 Å². The van der Waals surface area contributed by atoms with Crippen LogP contribution in [-0.4, -0.2) is 24.1 Å². The van der Waals surface area contributed by atoms with Gasteiger partial charge in [-0.05, 0) is 62.4 Å². The van der Waals surface area contributed by atoms with Crippen molar-refractivity contribution in [1.82, 2.24) is 24.1 Å². The predicted octanol–water partition coefficient (Wildman–Crippen LogP) is 10.3. The maximum atomic E-state index is 14.1. The van der Waals surface area contributed by atoms with Crippen molar-refractivity contribution >= 4 is 43.6 Å². The van der Waals surface area contributed by atoms with Crippen molar-refractivity contribution in [2.45, 2.75) is 26.2 Å². The van der Waals surface area contributed by atoms with Crippen LogP contribution in [0.3, 0.4) is 0 Å². The number of hydrogen-bond donors (Lipinski definition) is 0. The van der Waals surface area contributed by atoms with Gasteiger partial charge in [-0.2, -0.15) is 31.6 Å². The van der Waals surface area contributed by atoms with E-state index in [0.717, 1.165) is 24.3 Å². The van der Waals surface area contributed by atoms with E-state index in [-0.39, 0.29) is 33.8 Å². The lowest BCUT2D eigenvalue weighted by atomic mass is 10.0. The van der Waals surface area contributed by atoms with Gasteiger partial charge in [0, 0.05) is 27.1 Å². The summed E-state index contributed by atoms with van der Waals surface area (Å²) in [6.07, 6.45) is -9.31. The molecule has 8 aromatic rings. The Morgan fingerprint density at radius 3 is 1.38 bits per heavy atom. The number of para-hydroxylation sites is 2. The lowest BCUT2D eigenvalue weighted by Gasteiger charge is -2.18. The van der Waals surface area contributed by atoms with Gasteiger partial charge in [-0.1, -0.05) is 48.5 Å². The first-order chi connectivity index (χ1) is 23.8. The summed E-state index contributed by atoms with van der Waals surface area (Å²) >= 11 is 0. The molecule has 0 N–H and O–H groups in total. The number of halogens is 6. The second-order valence-corrected chi connectivity index (χ2v) is 11.9. The molecule has 12 heteroatoms. The summed E-state index contributed by atoms with van der Waals surface area (Å²) in [7, 11) is 0. The van der Waals surface area contributed by atoms with E-state index in [1.165, 1.54) is 12.1 Å². The normalized spacial score (nSPS) is 12.4. The van der Waals surface area contributed by atoms with Crippen molar-refractivity contribution in [2.24, 2.45) is 0 Å². The molecule has 0 saturated heterocycles. The minimum atomic E-state index is -4.65. The third kappa shape index (κ3) is 4.84. The zero-order valence-electron chi connectivity index (χ0n) is 26.2. The monoisotopic (exact) mass is 676 g/mol.